The molecular weight excluding hydrogens is 296 g/mol. The predicted molar refractivity (Wildman–Crippen MR) is 74.6 cm³/mol. The highest BCUT2D eigenvalue weighted by molar-refractivity contribution is 9.10. The molecule has 0 radical (unpaired) electrons. The Kier molecular flexibility index (Phi) is 3.90. The fraction of sp³-hybridized carbons (Fsp3) is 0.538. The monoisotopic (exact) mass is 312 g/mol. The number of carbonyl (C=O) groups excluding carboxylic acids is 1. The molecule has 0 unspecified atom stereocenters. The Balaban J connectivity index is 2.19. The zero-order chi connectivity index (χ0) is 13.3. The van der Waals surface area contributed by atoms with Crippen molar-refractivity contribution in [3.05, 3.63) is 27.1 Å². The van der Waals surface area contributed by atoms with Crippen LogP contribution in [0.1, 0.15) is 26.7 Å². The van der Waals surface area contributed by atoms with E-state index in [9.17, 15) is 9.59 Å². The second-order valence-corrected chi connectivity index (χ2v) is 5.65. The number of hydrogen-bond acceptors (Lipinski definition) is 2. The van der Waals surface area contributed by atoms with Crippen molar-refractivity contribution in [3.63, 3.8) is 0 Å². The lowest BCUT2D eigenvalue weighted by Crippen LogP contribution is -2.26. The largest absolute Gasteiger partial charge is 0.351 e. The number of amides is 1. The smallest absolute Gasteiger partial charge is 0.227 e. The number of aryl methyl sites for hydroxylation is 1. The molecule has 1 aromatic rings. The molecule has 18 heavy (non-hydrogen) atoms. The van der Waals surface area contributed by atoms with Crippen molar-refractivity contribution in [2.24, 2.45) is 11.8 Å². The minimum atomic E-state index is -0.170. The van der Waals surface area contributed by atoms with Crippen molar-refractivity contribution in [1.82, 2.24) is 4.57 Å². The van der Waals surface area contributed by atoms with Crippen LogP contribution in [-0.4, -0.2) is 10.5 Å². The van der Waals surface area contributed by atoms with E-state index in [4.69, 9.17) is 0 Å². The predicted octanol–water partition coefficient (Wildman–Crippen LogP) is 2.62. The molecule has 98 valence electrons. The normalized spacial score (nSPS) is 16.4. The molecule has 0 spiro atoms. The fourth-order valence-corrected chi connectivity index (χ4v) is 2.40. The number of aromatic nitrogens is 1. The maximum absolute atomic E-state index is 12.0. The third-order valence-electron chi connectivity index (χ3n) is 3.40. The summed E-state index contributed by atoms with van der Waals surface area (Å²) in [5.74, 6) is 0.416. The quantitative estimate of drug-likeness (QED) is 0.929. The van der Waals surface area contributed by atoms with Crippen molar-refractivity contribution in [2.75, 3.05) is 5.32 Å². The van der Waals surface area contributed by atoms with Crippen LogP contribution in [0.2, 0.25) is 0 Å². The zero-order valence-electron chi connectivity index (χ0n) is 10.6. The second kappa shape index (κ2) is 5.26. The van der Waals surface area contributed by atoms with Gasteiger partial charge in [0.15, 0.2) is 0 Å². The van der Waals surface area contributed by atoms with E-state index in [-0.39, 0.29) is 17.3 Å². The highest BCUT2D eigenvalue weighted by Gasteiger charge is 2.32. The van der Waals surface area contributed by atoms with Gasteiger partial charge in [-0.3, -0.25) is 9.59 Å². The van der Waals surface area contributed by atoms with Gasteiger partial charge in [-0.25, -0.2) is 0 Å². The Bertz CT molecular complexity index is 520. The number of pyridine rings is 1. The number of anilines is 1. The number of nitrogens with one attached hydrogen (secondary N) is 1. The molecule has 1 N–H and O–H groups in total. The SMILES string of the molecule is CCn1cc(Br)c(=O)c(NC(=O)[C@@H](C)C2CC2)c1. The van der Waals surface area contributed by atoms with Crippen LogP contribution in [0.3, 0.4) is 0 Å². The summed E-state index contributed by atoms with van der Waals surface area (Å²) >= 11 is 3.22. The standard InChI is InChI=1S/C13H17BrN2O2/c1-3-16-6-10(14)12(17)11(7-16)15-13(18)8(2)9-4-5-9/h6-9H,3-5H2,1-2H3,(H,15,18)/t8-/m0/s1. The third-order valence-corrected chi connectivity index (χ3v) is 3.97. The van der Waals surface area contributed by atoms with Gasteiger partial charge >= 0.3 is 0 Å². The summed E-state index contributed by atoms with van der Waals surface area (Å²) in [5, 5.41) is 2.74. The number of carbonyl (C=O) groups is 1. The summed E-state index contributed by atoms with van der Waals surface area (Å²) in [6.07, 6.45) is 5.64. The Morgan fingerprint density at radius 3 is 2.78 bits per heavy atom. The zero-order valence-corrected chi connectivity index (χ0v) is 12.2. The molecule has 1 aliphatic rings. The third kappa shape index (κ3) is 2.83. The van der Waals surface area contributed by atoms with Crippen molar-refractivity contribution in [1.29, 1.82) is 0 Å². The maximum Gasteiger partial charge on any atom is 0.227 e. The van der Waals surface area contributed by atoms with E-state index in [1.54, 1.807) is 12.4 Å². The Morgan fingerprint density at radius 1 is 1.56 bits per heavy atom. The molecule has 1 heterocycles. The summed E-state index contributed by atoms with van der Waals surface area (Å²) in [4.78, 5) is 23.9. The van der Waals surface area contributed by atoms with Crippen LogP contribution >= 0.6 is 15.9 Å². The summed E-state index contributed by atoms with van der Waals surface area (Å²) in [6, 6.07) is 0. The Morgan fingerprint density at radius 2 is 2.22 bits per heavy atom. The second-order valence-electron chi connectivity index (χ2n) is 4.79. The fourth-order valence-electron chi connectivity index (χ4n) is 1.92. The van der Waals surface area contributed by atoms with Crippen LogP contribution in [0.15, 0.2) is 21.7 Å². The van der Waals surface area contributed by atoms with Gasteiger partial charge in [0.05, 0.1) is 4.47 Å². The highest BCUT2D eigenvalue weighted by atomic mass is 79.9. The van der Waals surface area contributed by atoms with Crippen LogP contribution < -0.4 is 10.7 Å². The summed E-state index contributed by atoms with van der Waals surface area (Å²) < 4.78 is 2.34. The molecule has 1 saturated carbocycles. The van der Waals surface area contributed by atoms with Gasteiger partial charge in [-0.2, -0.15) is 0 Å². The maximum atomic E-state index is 12.0. The molecule has 1 atom stereocenters. The van der Waals surface area contributed by atoms with Gasteiger partial charge in [-0.05, 0) is 41.6 Å². The lowest BCUT2D eigenvalue weighted by atomic mass is 10.1. The van der Waals surface area contributed by atoms with Crippen LogP contribution in [0, 0.1) is 11.8 Å². The number of hydrogen-bond donors (Lipinski definition) is 1. The molecule has 0 aromatic carbocycles. The van der Waals surface area contributed by atoms with Gasteiger partial charge in [-0.15, -0.1) is 0 Å². The number of rotatable bonds is 4. The van der Waals surface area contributed by atoms with E-state index in [2.05, 4.69) is 21.2 Å². The molecule has 2 rings (SSSR count). The van der Waals surface area contributed by atoms with Gasteiger partial charge in [0, 0.05) is 24.9 Å². The first-order valence-electron chi connectivity index (χ1n) is 6.23. The topological polar surface area (TPSA) is 51.1 Å². The van der Waals surface area contributed by atoms with Crippen molar-refractivity contribution < 1.29 is 4.79 Å². The van der Waals surface area contributed by atoms with Gasteiger partial charge in [0.25, 0.3) is 0 Å². The van der Waals surface area contributed by atoms with Gasteiger partial charge < -0.3 is 9.88 Å². The molecule has 0 saturated heterocycles. The van der Waals surface area contributed by atoms with Crippen LogP contribution in [0.25, 0.3) is 0 Å². The van der Waals surface area contributed by atoms with E-state index in [1.165, 1.54) is 0 Å². The minimum Gasteiger partial charge on any atom is -0.351 e. The minimum absolute atomic E-state index is 0.0153. The molecular formula is C13H17BrN2O2. The Labute approximate surface area is 115 Å². The highest BCUT2D eigenvalue weighted by Crippen LogP contribution is 2.36. The van der Waals surface area contributed by atoms with Crippen LogP contribution in [-0.2, 0) is 11.3 Å². The van der Waals surface area contributed by atoms with Crippen molar-refractivity contribution >= 4 is 27.5 Å². The van der Waals surface area contributed by atoms with Gasteiger partial charge in [0.1, 0.15) is 5.69 Å². The van der Waals surface area contributed by atoms with Crippen molar-refractivity contribution in [3.8, 4) is 0 Å². The number of nitrogens with zero attached hydrogens (tertiary/aromatic N) is 1. The van der Waals surface area contributed by atoms with Gasteiger partial charge in [-0.1, -0.05) is 6.92 Å². The molecule has 4 nitrogen and oxygen atoms in total. The molecule has 0 aliphatic heterocycles. The summed E-state index contributed by atoms with van der Waals surface area (Å²) in [5.41, 5.74) is 0.180. The average Bonchev–Trinajstić information content (AvgIpc) is 3.17. The van der Waals surface area contributed by atoms with E-state index in [0.717, 1.165) is 19.4 Å². The first-order chi connectivity index (χ1) is 8.52. The van der Waals surface area contributed by atoms with E-state index in [1.807, 2.05) is 18.4 Å². The van der Waals surface area contributed by atoms with Crippen LogP contribution in [0.4, 0.5) is 5.69 Å². The lowest BCUT2D eigenvalue weighted by molar-refractivity contribution is -0.119. The van der Waals surface area contributed by atoms with E-state index < -0.39 is 0 Å². The lowest BCUT2D eigenvalue weighted by Gasteiger charge is -2.12. The average molecular weight is 313 g/mol. The van der Waals surface area contributed by atoms with Gasteiger partial charge in [0.2, 0.25) is 11.3 Å². The molecule has 1 fully saturated rings. The summed E-state index contributed by atoms with van der Waals surface area (Å²) in [7, 11) is 0. The van der Waals surface area contributed by atoms with E-state index in [0.29, 0.717) is 16.1 Å². The van der Waals surface area contributed by atoms with E-state index >= 15 is 0 Å². The summed E-state index contributed by atoms with van der Waals surface area (Å²) in [6.45, 7) is 4.65. The molecule has 0 bridgehead atoms. The molecule has 1 aliphatic carbocycles. The first kappa shape index (κ1) is 13.3. The number of halogens is 1. The van der Waals surface area contributed by atoms with Crippen LogP contribution in [0.5, 0.6) is 0 Å². The van der Waals surface area contributed by atoms with Crippen molar-refractivity contribution in [2.45, 2.75) is 33.2 Å². The molecule has 5 heteroatoms. The molecule has 1 amide bonds. The molecule has 1 aromatic heterocycles. The Hall–Kier alpha value is -1.10. The first-order valence-corrected chi connectivity index (χ1v) is 7.02.